The van der Waals surface area contributed by atoms with Gasteiger partial charge in [-0.3, -0.25) is 4.79 Å². The fourth-order valence-electron chi connectivity index (χ4n) is 2.07. The first kappa shape index (κ1) is 16.2. The molecular formula is C18H16N2O3. The number of nitrogens with one attached hydrogen (secondary N) is 1. The van der Waals surface area contributed by atoms with Crippen molar-refractivity contribution in [1.29, 1.82) is 0 Å². The van der Waals surface area contributed by atoms with E-state index in [4.69, 9.17) is 11.3 Å². The molecule has 0 saturated heterocycles. The smallest absolute Gasteiger partial charge is 0.338 e. The van der Waals surface area contributed by atoms with Gasteiger partial charge in [0.2, 0.25) is 0 Å². The lowest BCUT2D eigenvalue weighted by atomic mass is 10.1. The van der Waals surface area contributed by atoms with Gasteiger partial charge in [-0.2, -0.15) is 0 Å². The van der Waals surface area contributed by atoms with Gasteiger partial charge in [-0.25, -0.2) is 9.64 Å². The van der Waals surface area contributed by atoms with E-state index in [1.54, 1.807) is 0 Å². The summed E-state index contributed by atoms with van der Waals surface area (Å²) in [5.41, 5.74) is 3.36. The average Bonchev–Trinajstić information content (AvgIpc) is 2.56. The Morgan fingerprint density at radius 3 is 2.26 bits per heavy atom. The van der Waals surface area contributed by atoms with Crippen molar-refractivity contribution < 1.29 is 14.3 Å². The second kappa shape index (κ2) is 7.23. The fraction of sp³-hybridized carbons (Fsp3) is 0.167. The molecule has 5 heteroatoms. The number of rotatable bonds is 4. The molecule has 5 nitrogen and oxygen atoms in total. The Kier molecular flexibility index (Phi) is 5.11. The Balaban J connectivity index is 1.93. The van der Waals surface area contributed by atoms with Crippen LogP contribution >= 0.6 is 0 Å². The zero-order chi connectivity index (χ0) is 16.8. The summed E-state index contributed by atoms with van der Waals surface area (Å²) in [6.07, 6.45) is 0. The van der Waals surface area contributed by atoms with E-state index in [-0.39, 0.29) is 6.61 Å². The van der Waals surface area contributed by atoms with Gasteiger partial charge in [0.15, 0.2) is 12.3 Å². The second-order valence-electron chi connectivity index (χ2n) is 5.05. The first-order valence-electron chi connectivity index (χ1n) is 7.02. The third kappa shape index (κ3) is 4.17. The number of anilines is 1. The summed E-state index contributed by atoms with van der Waals surface area (Å²) in [5.74, 6) is -0.994. The molecule has 2 aromatic rings. The van der Waals surface area contributed by atoms with Crippen LogP contribution in [0.5, 0.6) is 0 Å². The SMILES string of the molecule is [C-]#[N+]c1ccc(C(=O)OCC(=O)Nc2c(C)cccc2C)cc1. The van der Waals surface area contributed by atoms with Crippen LogP contribution in [0.3, 0.4) is 0 Å². The molecule has 2 aromatic carbocycles. The summed E-state index contributed by atoms with van der Waals surface area (Å²) in [5, 5.41) is 2.75. The first-order chi connectivity index (χ1) is 11.0. The van der Waals surface area contributed by atoms with Gasteiger partial charge in [0.05, 0.1) is 12.1 Å². The van der Waals surface area contributed by atoms with E-state index < -0.39 is 11.9 Å². The minimum atomic E-state index is -0.599. The van der Waals surface area contributed by atoms with Crippen molar-refractivity contribution in [2.24, 2.45) is 0 Å². The lowest BCUT2D eigenvalue weighted by molar-refractivity contribution is -0.119. The van der Waals surface area contributed by atoms with Crippen LogP contribution in [0.1, 0.15) is 21.5 Å². The zero-order valence-corrected chi connectivity index (χ0v) is 12.9. The van der Waals surface area contributed by atoms with Gasteiger partial charge in [-0.05, 0) is 25.0 Å². The van der Waals surface area contributed by atoms with E-state index >= 15 is 0 Å². The molecule has 0 heterocycles. The van der Waals surface area contributed by atoms with E-state index in [0.29, 0.717) is 11.3 Å². The van der Waals surface area contributed by atoms with Crippen molar-refractivity contribution in [3.63, 3.8) is 0 Å². The Morgan fingerprint density at radius 2 is 1.70 bits per heavy atom. The molecule has 0 saturated carbocycles. The van der Waals surface area contributed by atoms with Crippen molar-refractivity contribution >= 4 is 23.3 Å². The summed E-state index contributed by atoms with van der Waals surface area (Å²) in [4.78, 5) is 27.0. The maximum Gasteiger partial charge on any atom is 0.338 e. The number of esters is 1. The highest BCUT2D eigenvalue weighted by Crippen LogP contribution is 2.19. The molecule has 0 fully saturated rings. The Bertz CT molecular complexity index is 754. The van der Waals surface area contributed by atoms with Crippen molar-refractivity contribution in [2.45, 2.75) is 13.8 Å². The van der Waals surface area contributed by atoms with Crippen LogP contribution in [0.15, 0.2) is 42.5 Å². The number of nitrogens with zero attached hydrogens (tertiary/aromatic N) is 1. The molecule has 0 atom stereocenters. The van der Waals surface area contributed by atoms with Crippen LogP contribution in [0, 0.1) is 20.4 Å². The summed E-state index contributed by atoms with van der Waals surface area (Å²) in [6, 6.07) is 11.8. The lowest BCUT2D eigenvalue weighted by Crippen LogP contribution is -2.21. The Labute approximate surface area is 134 Å². The molecule has 0 bridgehead atoms. The van der Waals surface area contributed by atoms with Crippen molar-refractivity contribution in [3.05, 3.63) is 70.6 Å². The molecule has 0 unspecified atom stereocenters. The highest BCUT2D eigenvalue weighted by molar-refractivity contribution is 5.96. The monoisotopic (exact) mass is 308 g/mol. The highest BCUT2D eigenvalue weighted by Gasteiger charge is 2.12. The quantitative estimate of drug-likeness (QED) is 0.693. The number of hydrogen-bond acceptors (Lipinski definition) is 3. The minimum Gasteiger partial charge on any atom is -0.452 e. The number of benzene rings is 2. The standard InChI is InChI=1S/C18H16N2O3/c1-12-5-4-6-13(2)17(12)20-16(21)11-23-18(22)14-7-9-15(19-3)10-8-14/h4-10H,11H2,1-2H3,(H,20,21). The third-order valence-electron chi connectivity index (χ3n) is 3.31. The fourth-order valence-corrected chi connectivity index (χ4v) is 2.07. The van der Waals surface area contributed by atoms with Gasteiger partial charge in [-0.15, -0.1) is 0 Å². The van der Waals surface area contributed by atoms with Crippen molar-refractivity contribution in [3.8, 4) is 0 Å². The number of carbonyl (C=O) groups excluding carboxylic acids is 2. The predicted octanol–water partition coefficient (Wildman–Crippen LogP) is 3.65. The Hall–Kier alpha value is -3.13. The molecule has 23 heavy (non-hydrogen) atoms. The third-order valence-corrected chi connectivity index (χ3v) is 3.31. The molecule has 116 valence electrons. The molecular weight excluding hydrogens is 292 g/mol. The average molecular weight is 308 g/mol. The predicted molar refractivity (Wildman–Crippen MR) is 87.5 cm³/mol. The number of aryl methyl sites for hydroxylation is 2. The number of hydrogen-bond donors (Lipinski definition) is 1. The van der Waals surface area contributed by atoms with Crippen molar-refractivity contribution in [2.75, 3.05) is 11.9 Å². The molecule has 0 spiro atoms. The van der Waals surface area contributed by atoms with Gasteiger partial charge in [0, 0.05) is 5.69 Å². The first-order valence-corrected chi connectivity index (χ1v) is 7.02. The minimum absolute atomic E-state index is 0.303. The van der Waals surface area contributed by atoms with Crippen LogP contribution < -0.4 is 5.32 Å². The maximum absolute atomic E-state index is 11.9. The topological polar surface area (TPSA) is 59.8 Å². The van der Waals surface area contributed by atoms with Crippen LogP contribution in [0.4, 0.5) is 11.4 Å². The highest BCUT2D eigenvalue weighted by atomic mass is 16.5. The number of ether oxygens (including phenoxy) is 1. The van der Waals surface area contributed by atoms with Crippen LogP contribution in [0.25, 0.3) is 4.85 Å². The summed E-state index contributed by atoms with van der Waals surface area (Å²) in [7, 11) is 0. The maximum atomic E-state index is 11.9. The second-order valence-corrected chi connectivity index (χ2v) is 5.05. The molecule has 0 aliphatic carbocycles. The summed E-state index contributed by atoms with van der Waals surface area (Å²) < 4.78 is 4.99. The molecule has 1 amide bonds. The van der Waals surface area contributed by atoms with E-state index in [2.05, 4.69) is 10.2 Å². The van der Waals surface area contributed by atoms with Crippen LogP contribution in [-0.2, 0) is 9.53 Å². The molecule has 0 aromatic heterocycles. The van der Waals surface area contributed by atoms with Crippen LogP contribution in [0.2, 0.25) is 0 Å². The van der Waals surface area contributed by atoms with Gasteiger partial charge in [-0.1, -0.05) is 42.5 Å². The molecule has 2 rings (SSSR count). The normalized spacial score (nSPS) is 9.78. The van der Waals surface area contributed by atoms with Crippen LogP contribution in [-0.4, -0.2) is 18.5 Å². The van der Waals surface area contributed by atoms with Gasteiger partial charge in [0.25, 0.3) is 5.91 Å². The van der Waals surface area contributed by atoms with E-state index in [9.17, 15) is 9.59 Å². The molecule has 0 aliphatic rings. The van der Waals surface area contributed by atoms with E-state index in [0.717, 1.165) is 16.8 Å². The van der Waals surface area contributed by atoms with Gasteiger partial charge < -0.3 is 10.1 Å². The lowest BCUT2D eigenvalue weighted by Gasteiger charge is -2.11. The number of amides is 1. The summed E-state index contributed by atoms with van der Waals surface area (Å²) >= 11 is 0. The Morgan fingerprint density at radius 1 is 1.09 bits per heavy atom. The number of carbonyl (C=O) groups is 2. The summed E-state index contributed by atoms with van der Waals surface area (Å²) in [6.45, 7) is 10.3. The largest absolute Gasteiger partial charge is 0.452 e. The van der Waals surface area contributed by atoms with E-state index in [1.807, 2.05) is 32.0 Å². The molecule has 0 aliphatic heterocycles. The zero-order valence-electron chi connectivity index (χ0n) is 12.9. The van der Waals surface area contributed by atoms with E-state index in [1.165, 1.54) is 24.3 Å². The van der Waals surface area contributed by atoms with Gasteiger partial charge in [0.1, 0.15) is 0 Å². The molecule has 0 radical (unpaired) electrons. The number of para-hydroxylation sites is 1. The van der Waals surface area contributed by atoms with Gasteiger partial charge >= 0.3 is 5.97 Å². The van der Waals surface area contributed by atoms with Crippen molar-refractivity contribution in [1.82, 2.24) is 0 Å². The molecule has 1 N–H and O–H groups in total.